The Morgan fingerprint density at radius 2 is 2.10 bits per heavy atom. The number of aromatic nitrogens is 1. The van der Waals surface area contributed by atoms with Crippen molar-refractivity contribution >= 4 is 0 Å². The van der Waals surface area contributed by atoms with Gasteiger partial charge in [0.1, 0.15) is 0 Å². The van der Waals surface area contributed by atoms with E-state index in [-0.39, 0.29) is 0 Å². The van der Waals surface area contributed by atoms with E-state index in [0.717, 1.165) is 0 Å². The van der Waals surface area contributed by atoms with Crippen molar-refractivity contribution in [2.75, 3.05) is 0 Å². The smallest absolute Gasteiger partial charge is 0.217 e. The third kappa shape index (κ3) is 1.07. The molecule has 1 aromatic heterocycles. The molecular formula is C7H8FNO. The largest absolute Gasteiger partial charge is 0.360 e. The van der Waals surface area contributed by atoms with Gasteiger partial charge in [0.25, 0.3) is 0 Å². The van der Waals surface area contributed by atoms with Crippen LogP contribution in [0.5, 0.6) is 0 Å². The lowest BCUT2D eigenvalue weighted by Gasteiger charge is -1.96. The standard InChI is InChI=1S/C7H8FNO/c1-4-3-6(10)7(8)5(2)9-4/h3H,1-2H3,(H,9,10). The molecule has 1 heterocycles. The van der Waals surface area contributed by atoms with E-state index >= 15 is 0 Å². The van der Waals surface area contributed by atoms with Crippen molar-refractivity contribution in [3.8, 4) is 0 Å². The number of hydrogen-bond donors (Lipinski definition) is 1. The predicted molar refractivity (Wildman–Crippen MR) is 36.5 cm³/mol. The Morgan fingerprint density at radius 1 is 1.50 bits per heavy atom. The Morgan fingerprint density at radius 3 is 2.60 bits per heavy atom. The molecule has 0 radical (unpaired) electrons. The van der Waals surface area contributed by atoms with E-state index in [1.807, 2.05) is 0 Å². The number of hydrogen-bond acceptors (Lipinski definition) is 1. The fourth-order valence-corrected chi connectivity index (χ4v) is 0.832. The molecule has 1 rings (SSSR count). The van der Waals surface area contributed by atoms with Gasteiger partial charge in [0.05, 0.1) is 5.69 Å². The summed E-state index contributed by atoms with van der Waals surface area (Å²) < 4.78 is 12.6. The van der Waals surface area contributed by atoms with E-state index in [0.29, 0.717) is 11.4 Å². The quantitative estimate of drug-likeness (QED) is 0.577. The molecule has 0 bridgehead atoms. The molecule has 0 aliphatic carbocycles. The van der Waals surface area contributed by atoms with Gasteiger partial charge >= 0.3 is 0 Å². The lowest BCUT2D eigenvalue weighted by Crippen LogP contribution is -2.09. The van der Waals surface area contributed by atoms with Gasteiger partial charge in [0.2, 0.25) is 5.43 Å². The Kier molecular flexibility index (Phi) is 1.57. The van der Waals surface area contributed by atoms with Crippen LogP contribution < -0.4 is 5.43 Å². The number of H-pyrrole nitrogens is 1. The molecule has 0 saturated heterocycles. The van der Waals surface area contributed by atoms with E-state index in [1.54, 1.807) is 6.92 Å². The maximum atomic E-state index is 12.6. The summed E-state index contributed by atoms with van der Waals surface area (Å²) in [4.78, 5) is 13.4. The van der Waals surface area contributed by atoms with Gasteiger partial charge in [-0.2, -0.15) is 0 Å². The highest BCUT2D eigenvalue weighted by Crippen LogP contribution is 1.96. The lowest BCUT2D eigenvalue weighted by atomic mass is 10.3. The molecule has 0 aliphatic rings. The summed E-state index contributed by atoms with van der Waals surface area (Å²) in [6.45, 7) is 3.25. The maximum absolute atomic E-state index is 12.6. The van der Waals surface area contributed by atoms with Gasteiger partial charge in [0, 0.05) is 11.8 Å². The summed E-state index contributed by atoms with van der Waals surface area (Å²) in [6.07, 6.45) is 0. The zero-order chi connectivity index (χ0) is 7.72. The SMILES string of the molecule is Cc1cc(=O)c(F)c(C)[nH]1. The van der Waals surface area contributed by atoms with Crippen molar-refractivity contribution in [3.05, 3.63) is 33.5 Å². The van der Waals surface area contributed by atoms with E-state index in [2.05, 4.69) is 4.98 Å². The van der Waals surface area contributed by atoms with Crippen LogP contribution in [0.3, 0.4) is 0 Å². The molecule has 1 N–H and O–H groups in total. The predicted octanol–water partition coefficient (Wildman–Crippen LogP) is 1.13. The number of nitrogens with one attached hydrogen (secondary N) is 1. The fourth-order valence-electron chi connectivity index (χ4n) is 0.832. The van der Waals surface area contributed by atoms with Crippen molar-refractivity contribution < 1.29 is 4.39 Å². The van der Waals surface area contributed by atoms with Crippen LogP contribution in [-0.2, 0) is 0 Å². The monoisotopic (exact) mass is 141 g/mol. The topological polar surface area (TPSA) is 32.9 Å². The Bertz CT molecular complexity index is 303. The first-order valence-electron chi connectivity index (χ1n) is 2.97. The summed E-state index contributed by atoms with van der Waals surface area (Å²) in [5.41, 5.74) is 0.433. The van der Waals surface area contributed by atoms with Gasteiger partial charge in [-0.3, -0.25) is 4.79 Å². The Labute approximate surface area is 57.7 Å². The number of pyridine rings is 1. The van der Waals surface area contributed by atoms with Gasteiger partial charge in [-0.05, 0) is 13.8 Å². The van der Waals surface area contributed by atoms with Gasteiger partial charge in [-0.25, -0.2) is 4.39 Å². The number of halogens is 1. The second-order valence-electron chi connectivity index (χ2n) is 2.26. The number of aromatic amines is 1. The minimum absolute atomic E-state index is 0.296. The van der Waals surface area contributed by atoms with Crippen LogP contribution in [0.1, 0.15) is 11.4 Å². The molecule has 2 nitrogen and oxygen atoms in total. The molecule has 1 aromatic rings. The first kappa shape index (κ1) is 6.99. The van der Waals surface area contributed by atoms with E-state index in [1.165, 1.54) is 13.0 Å². The third-order valence-corrected chi connectivity index (χ3v) is 1.28. The average molecular weight is 141 g/mol. The van der Waals surface area contributed by atoms with Crippen molar-refractivity contribution in [3.63, 3.8) is 0 Å². The van der Waals surface area contributed by atoms with Crippen molar-refractivity contribution in [2.45, 2.75) is 13.8 Å². The summed E-state index contributed by atoms with van der Waals surface area (Å²) in [5.74, 6) is -0.689. The molecule has 10 heavy (non-hydrogen) atoms. The number of aryl methyl sites for hydroxylation is 2. The molecule has 0 spiro atoms. The minimum Gasteiger partial charge on any atom is -0.360 e. The molecule has 0 atom stereocenters. The molecule has 0 unspecified atom stereocenters. The van der Waals surface area contributed by atoms with Crippen LogP contribution >= 0.6 is 0 Å². The molecule has 0 amide bonds. The molecular weight excluding hydrogens is 133 g/mol. The van der Waals surface area contributed by atoms with Gasteiger partial charge in [-0.1, -0.05) is 0 Å². The summed E-state index contributed by atoms with van der Waals surface area (Å²) in [5, 5.41) is 0. The van der Waals surface area contributed by atoms with E-state index in [4.69, 9.17) is 0 Å². The lowest BCUT2D eigenvalue weighted by molar-refractivity contribution is 0.598. The molecule has 0 aliphatic heterocycles. The maximum Gasteiger partial charge on any atom is 0.217 e. The van der Waals surface area contributed by atoms with E-state index < -0.39 is 11.2 Å². The van der Waals surface area contributed by atoms with Crippen molar-refractivity contribution in [1.82, 2.24) is 4.98 Å². The average Bonchev–Trinajstić information content (AvgIpc) is 1.82. The van der Waals surface area contributed by atoms with Gasteiger partial charge in [0.15, 0.2) is 5.82 Å². The summed E-state index contributed by atoms with van der Waals surface area (Å²) in [7, 11) is 0. The van der Waals surface area contributed by atoms with Crippen molar-refractivity contribution in [1.29, 1.82) is 0 Å². The van der Waals surface area contributed by atoms with Gasteiger partial charge < -0.3 is 4.98 Å². The van der Waals surface area contributed by atoms with Crippen LogP contribution in [0.15, 0.2) is 10.9 Å². The normalized spacial score (nSPS) is 9.90. The second kappa shape index (κ2) is 2.25. The second-order valence-corrected chi connectivity index (χ2v) is 2.26. The van der Waals surface area contributed by atoms with Crippen LogP contribution in [0.2, 0.25) is 0 Å². The molecule has 54 valence electrons. The highest BCUT2D eigenvalue weighted by atomic mass is 19.1. The van der Waals surface area contributed by atoms with Crippen molar-refractivity contribution in [2.24, 2.45) is 0 Å². The highest BCUT2D eigenvalue weighted by molar-refractivity contribution is 5.11. The van der Waals surface area contributed by atoms with E-state index in [9.17, 15) is 9.18 Å². The van der Waals surface area contributed by atoms with Crippen LogP contribution in [0, 0.1) is 19.7 Å². The molecule has 0 saturated carbocycles. The number of rotatable bonds is 0. The first-order chi connectivity index (χ1) is 4.61. The minimum atomic E-state index is -0.689. The van der Waals surface area contributed by atoms with Crippen LogP contribution in [-0.4, -0.2) is 4.98 Å². The zero-order valence-electron chi connectivity index (χ0n) is 5.86. The van der Waals surface area contributed by atoms with Gasteiger partial charge in [-0.15, -0.1) is 0 Å². The first-order valence-corrected chi connectivity index (χ1v) is 2.97. The summed E-state index contributed by atoms with van der Waals surface area (Å²) >= 11 is 0. The Balaban J connectivity index is 3.46. The van der Waals surface area contributed by atoms with Crippen LogP contribution in [0.25, 0.3) is 0 Å². The highest BCUT2D eigenvalue weighted by Gasteiger charge is 2.01. The molecule has 0 aromatic carbocycles. The van der Waals surface area contributed by atoms with Crippen LogP contribution in [0.4, 0.5) is 4.39 Å². The Hall–Kier alpha value is -1.12. The zero-order valence-corrected chi connectivity index (χ0v) is 5.86. The molecule has 3 heteroatoms. The third-order valence-electron chi connectivity index (χ3n) is 1.28. The summed E-state index contributed by atoms with van der Waals surface area (Å²) in [6, 6.07) is 1.24. The molecule has 0 fully saturated rings. The fraction of sp³-hybridized carbons (Fsp3) is 0.286.